The third-order valence-corrected chi connectivity index (χ3v) is 3.27. The van der Waals surface area contributed by atoms with Crippen LogP contribution in [0.1, 0.15) is 24.2 Å². The molecule has 0 radical (unpaired) electrons. The highest BCUT2D eigenvalue weighted by molar-refractivity contribution is 5.93. The summed E-state index contributed by atoms with van der Waals surface area (Å²) in [6.07, 6.45) is 1.94. The number of carbonyl (C=O) groups is 1. The molecule has 1 aromatic heterocycles. The average molecular weight is 279 g/mol. The number of hydrogen-bond donors (Lipinski definition) is 2. The van der Waals surface area contributed by atoms with Gasteiger partial charge in [0.05, 0.1) is 12.2 Å². The van der Waals surface area contributed by atoms with Crippen LogP contribution in [0.2, 0.25) is 0 Å². The van der Waals surface area contributed by atoms with E-state index in [2.05, 4.69) is 15.2 Å². The van der Waals surface area contributed by atoms with Crippen molar-refractivity contribution in [3.63, 3.8) is 0 Å². The number of aromatic amines is 1. The predicted molar refractivity (Wildman–Crippen MR) is 75.8 cm³/mol. The summed E-state index contributed by atoms with van der Waals surface area (Å²) < 4.78 is 5.65. The Balaban J connectivity index is 1.80. The minimum atomic E-state index is -0.362. The highest BCUT2D eigenvalue weighted by Gasteiger charge is 2.21. The number of hydrogen-bond acceptors (Lipinski definition) is 4. The Kier molecular flexibility index (Phi) is 4.92. The van der Waals surface area contributed by atoms with Crippen molar-refractivity contribution in [3.8, 4) is 0 Å². The summed E-state index contributed by atoms with van der Waals surface area (Å²) in [4.78, 5) is 28.1. The summed E-state index contributed by atoms with van der Waals surface area (Å²) >= 11 is 0. The lowest BCUT2D eigenvalue weighted by atomic mass is 10.2. The molecule has 2 heterocycles. The van der Waals surface area contributed by atoms with Gasteiger partial charge in [-0.1, -0.05) is 0 Å². The Hall–Kier alpha value is -1.66. The van der Waals surface area contributed by atoms with Gasteiger partial charge >= 0.3 is 0 Å². The predicted octanol–water partition coefficient (Wildman–Crippen LogP) is 0.214. The number of ether oxygens (including phenoxy) is 1. The molecule has 0 saturated carbocycles. The molecule has 1 aromatic rings. The molecule has 0 bridgehead atoms. The van der Waals surface area contributed by atoms with E-state index in [0.29, 0.717) is 6.54 Å². The maximum absolute atomic E-state index is 11.9. The molecule has 1 aliphatic heterocycles. The minimum Gasteiger partial charge on any atom is -0.373 e. The first kappa shape index (κ1) is 14.7. The van der Waals surface area contributed by atoms with Crippen molar-refractivity contribution in [2.75, 3.05) is 26.2 Å². The molecule has 1 saturated heterocycles. The summed E-state index contributed by atoms with van der Waals surface area (Å²) in [6, 6.07) is 3.16. The molecular formula is C14H21N3O3. The van der Waals surface area contributed by atoms with Gasteiger partial charge in [-0.2, -0.15) is 0 Å². The highest BCUT2D eigenvalue weighted by Crippen LogP contribution is 2.09. The number of aromatic nitrogens is 1. The molecule has 2 N–H and O–H groups in total. The van der Waals surface area contributed by atoms with Crippen LogP contribution in [0.4, 0.5) is 0 Å². The third kappa shape index (κ3) is 3.91. The van der Waals surface area contributed by atoms with E-state index >= 15 is 0 Å². The van der Waals surface area contributed by atoms with Crippen molar-refractivity contribution < 1.29 is 9.53 Å². The molecule has 6 nitrogen and oxygen atoms in total. The zero-order valence-electron chi connectivity index (χ0n) is 11.9. The smallest absolute Gasteiger partial charge is 0.260 e. The van der Waals surface area contributed by atoms with Crippen molar-refractivity contribution in [3.05, 3.63) is 34.2 Å². The molecule has 1 fully saturated rings. The summed E-state index contributed by atoms with van der Waals surface area (Å²) in [5.74, 6) is -0.332. The average Bonchev–Trinajstić information content (AvgIpc) is 2.38. The molecule has 20 heavy (non-hydrogen) atoms. The van der Waals surface area contributed by atoms with Crippen LogP contribution in [0, 0.1) is 0 Å². The van der Waals surface area contributed by atoms with Gasteiger partial charge in [0.25, 0.3) is 11.5 Å². The quantitative estimate of drug-likeness (QED) is 0.826. The number of amides is 1. The highest BCUT2D eigenvalue weighted by atomic mass is 16.5. The monoisotopic (exact) mass is 279 g/mol. The van der Waals surface area contributed by atoms with Gasteiger partial charge in [0.2, 0.25) is 0 Å². The van der Waals surface area contributed by atoms with Crippen molar-refractivity contribution in [1.82, 2.24) is 15.2 Å². The van der Waals surface area contributed by atoms with Crippen molar-refractivity contribution in [1.29, 1.82) is 0 Å². The van der Waals surface area contributed by atoms with Gasteiger partial charge in [0.15, 0.2) is 0 Å². The Morgan fingerprint density at radius 1 is 1.45 bits per heavy atom. The largest absolute Gasteiger partial charge is 0.373 e. The molecule has 1 aliphatic rings. The molecule has 0 unspecified atom stereocenters. The van der Waals surface area contributed by atoms with Gasteiger partial charge in [-0.25, -0.2) is 0 Å². The summed E-state index contributed by atoms with van der Waals surface area (Å²) in [6.45, 7) is 7.11. The lowest BCUT2D eigenvalue weighted by Gasteiger charge is -2.35. The molecule has 2 rings (SSSR count). The van der Waals surface area contributed by atoms with Gasteiger partial charge in [-0.05, 0) is 26.0 Å². The van der Waals surface area contributed by atoms with E-state index in [1.165, 1.54) is 12.3 Å². The maximum atomic E-state index is 11.9. The topological polar surface area (TPSA) is 74.4 Å². The second-order valence-electron chi connectivity index (χ2n) is 5.19. The number of nitrogens with one attached hydrogen (secondary N) is 2. The summed E-state index contributed by atoms with van der Waals surface area (Å²) in [7, 11) is 0. The lowest BCUT2D eigenvalue weighted by Crippen LogP contribution is -2.48. The standard InChI is InChI=1S/C14H21N3O3/c1-10-8-17(9-11(2)20-10)7-6-16-14(19)12-4-3-5-15-13(12)18/h3-5,10-11H,6-9H2,1-2H3,(H,15,18)(H,16,19)/t10-,11-/m1/s1. The van der Waals surface area contributed by atoms with Crippen LogP contribution in [-0.4, -0.2) is 54.2 Å². The first-order valence-corrected chi connectivity index (χ1v) is 6.90. The van der Waals surface area contributed by atoms with E-state index in [4.69, 9.17) is 4.74 Å². The van der Waals surface area contributed by atoms with E-state index in [0.717, 1.165) is 19.6 Å². The van der Waals surface area contributed by atoms with E-state index in [-0.39, 0.29) is 29.2 Å². The van der Waals surface area contributed by atoms with Crippen LogP contribution in [0.15, 0.2) is 23.1 Å². The zero-order valence-corrected chi connectivity index (χ0v) is 11.9. The normalized spacial score (nSPS) is 23.5. The molecule has 6 heteroatoms. The van der Waals surface area contributed by atoms with Crippen LogP contribution in [-0.2, 0) is 4.74 Å². The fourth-order valence-corrected chi connectivity index (χ4v) is 2.49. The van der Waals surface area contributed by atoms with Gasteiger partial charge in [-0.3, -0.25) is 14.5 Å². The Labute approximate surface area is 118 Å². The molecular weight excluding hydrogens is 258 g/mol. The van der Waals surface area contributed by atoms with E-state index in [1.807, 2.05) is 13.8 Å². The molecule has 0 aromatic carbocycles. The molecule has 110 valence electrons. The Bertz CT molecular complexity index is 504. The fraction of sp³-hybridized carbons (Fsp3) is 0.571. The van der Waals surface area contributed by atoms with Crippen LogP contribution >= 0.6 is 0 Å². The molecule has 2 atom stereocenters. The summed E-state index contributed by atoms with van der Waals surface area (Å²) in [5.41, 5.74) is -0.213. The maximum Gasteiger partial charge on any atom is 0.260 e. The fourth-order valence-electron chi connectivity index (χ4n) is 2.49. The van der Waals surface area contributed by atoms with E-state index in [9.17, 15) is 9.59 Å². The van der Waals surface area contributed by atoms with Crippen LogP contribution in [0.5, 0.6) is 0 Å². The van der Waals surface area contributed by atoms with Crippen molar-refractivity contribution in [2.24, 2.45) is 0 Å². The molecule has 1 amide bonds. The van der Waals surface area contributed by atoms with Crippen LogP contribution in [0.25, 0.3) is 0 Å². The number of carbonyl (C=O) groups excluding carboxylic acids is 1. The number of nitrogens with zero attached hydrogens (tertiary/aromatic N) is 1. The Morgan fingerprint density at radius 2 is 2.15 bits per heavy atom. The Morgan fingerprint density at radius 3 is 2.80 bits per heavy atom. The van der Waals surface area contributed by atoms with Crippen molar-refractivity contribution >= 4 is 5.91 Å². The van der Waals surface area contributed by atoms with E-state index in [1.54, 1.807) is 6.07 Å². The first-order valence-electron chi connectivity index (χ1n) is 6.90. The number of H-pyrrole nitrogens is 1. The van der Waals surface area contributed by atoms with Gasteiger partial charge in [0, 0.05) is 32.4 Å². The second-order valence-corrected chi connectivity index (χ2v) is 5.19. The van der Waals surface area contributed by atoms with Crippen molar-refractivity contribution in [2.45, 2.75) is 26.1 Å². The third-order valence-electron chi connectivity index (χ3n) is 3.27. The lowest BCUT2D eigenvalue weighted by molar-refractivity contribution is -0.0672. The minimum absolute atomic E-state index is 0.149. The van der Waals surface area contributed by atoms with Gasteiger partial charge in [0.1, 0.15) is 5.56 Å². The van der Waals surface area contributed by atoms with Gasteiger partial charge < -0.3 is 15.0 Å². The summed E-state index contributed by atoms with van der Waals surface area (Å²) in [5, 5.41) is 2.78. The number of morpholine rings is 1. The molecule has 0 aliphatic carbocycles. The zero-order chi connectivity index (χ0) is 14.5. The number of rotatable bonds is 4. The second kappa shape index (κ2) is 6.67. The first-order chi connectivity index (χ1) is 9.56. The van der Waals surface area contributed by atoms with Crippen LogP contribution in [0.3, 0.4) is 0 Å². The van der Waals surface area contributed by atoms with E-state index < -0.39 is 0 Å². The molecule has 0 spiro atoms. The van der Waals surface area contributed by atoms with Gasteiger partial charge in [-0.15, -0.1) is 0 Å². The van der Waals surface area contributed by atoms with Crippen LogP contribution < -0.4 is 10.9 Å². The SMILES string of the molecule is C[C@@H]1CN(CCNC(=O)c2ccc[nH]c2=O)C[C@@H](C)O1. The number of pyridine rings is 1.